The maximum absolute atomic E-state index is 13.8. The van der Waals surface area contributed by atoms with Gasteiger partial charge >= 0.3 is 0 Å². The second-order valence-corrected chi connectivity index (χ2v) is 12.3. The van der Waals surface area contributed by atoms with Crippen LogP contribution in [0.4, 0.5) is 5.82 Å². The van der Waals surface area contributed by atoms with Gasteiger partial charge in [-0.2, -0.15) is 5.10 Å². The quantitative estimate of drug-likeness (QED) is 0.221. The van der Waals surface area contributed by atoms with Crippen molar-refractivity contribution < 1.29 is 14.4 Å². The minimum Gasteiger partial charge on any atom is -0.328 e. The van der Waals surface area contributed by atoms with Crippen LogP contribution in [0, 0.1) is 18.8 Å². The number of hydrogen-bond acceptors (Lipinski definition) is 7. The molecule has 1 aliphatic carbocycles. The lowest BCUT2D eigenvalue weighted by Gasteiger charge is -2.26. The minimum atomic E-state index is -0.650. The number of rotatable bonds is 7. The van der Waals surface area contributed by atoms with E-state index in [4.69, 9.17) is 0 Å². The molecule has 1 saturated carbocycles. The molecule has 0 radical (unpaired) electrons. The summed E-state index contributed by atoms with van der Waals surface area (Å²) in [5.74, 6) is 1.04. The number of carbonyl (C=O) groups excluding carboxylic acids is 3. The molecule has 3 atom stereocenters. The molecule has 0 spiro atoms. The molecule has 4 aromatic rings. The van der Waals surface area contributed by atoms with Gasteiger partial charge in [-0.1, -0.05) is 26.0 Å². The van der Waals surface area contributed by atoms with Gasteiger partial charge in [-0.3, -0.25) is 19.1 Å². The van der Waals surface area contributed by atoms with E-state index in [1.165, 1.54) is 6.92 Å². The highest BCUT2D eigenvalue weighted by molar-refractivity contribution is 9.10. The molecule has 0 bridgehead atoms. The number of fused-ring (bicyclic) bond motifs is 1. The average molecular weight is 631 g/mol. The summed E-state index contributed by atoms with van der Waals surface area (Å²) in [6.07, 6.45) is 5.63. The zero-order valence-electron chi connectivity index (χ0n) is 24.0. The maximum Gasteiger partial charge on any atom is 0.248 e. The van der Waals surface area contributed by atoms with E-state index in [9.17, 15) is 14.4 Å². The van der Waals surface area contributed by atoms with Crippen molar-refractivity contribution in [3.8, 4) is 11.1 Å². The molecule has 42 heavy (non-hydrogen) atoms. The van der Waals surface area contributed by atoms with Crippen LogP contribution in [-0.2, 0) is 16.1 Å². The Morgan fingerprint density at radius 1 is 1.05 bits per heavy atom. The van der Waals surface area contributed by atoms with Gasteiger partial charge in [-0.05, 0) is 82.8 Å². The summed E-state index contributed by atoms with van der Waals surface area (Å²) in [7, 11) is 0. The van der Waals surface area contributed by atoms with Crippen LogP contribution in [0.2, 0.25) is 0 Å². The van der Waals surface area contributed by atoms with E-state index in [1.54, 1.807) is 22.0 Å². The van der Waals surface area contributed by atoms with Crippen LogP contribution in [0.1, 0.15) is 61.4 Å². The Bertz CT molecular complexity index is 1710. The smallest absolute Gasteiger partial charge is 0.248 e. The van der Waals surface area contributed by atoms with Gasteiger partial charge in [0.05, 0.1) is 5.52 Å². The molecule has 11 heteroatoms. The van der Waals surface area contributed by atoms with Crippen molar-refractivity contribution in [2.24, 2.45) is 11.8 Å². The highest BCUT2D eigenvalue weighted by atomic mass is 79.9. The number of likely N-dealkylation sites (tertiary alicyclic amines) is 1. The van der Waals surface area contributed by atoms with Gasteiger partial charge in [-0.15, -0.1) is 0 Å². The summed E-state index contributed by atoms with van der Waals surface area (Å²) in [5, 5.41) is 8.23. The molecule has 4 heterocycles. The van der Waals surface area contributed by atoms with Gasteiger partial charge in [0, 0.05) is 36.8 Å². The summed E-state index contributed by atoms with van der Waals surface area (Å²) in [4.78, 5) is 54.8. The summed E-state index contributed by atoms with van der Waals surface area (Å²) in [6.45, 7) is 7.70. The second-order valence-electron chi connectivity index (χ2n) is 11.5. The van der Waals surface area contributed by atoms with Gasteiger partial charge in [0.2, 0.25) is 11.8 Å². The second kappa shape index (κ2) is 11.0. The van der Waals surface area contributed by atoms with E-state index in [-0.39, 0.29) is 36.0 Å². The highest BCUT2D eigenvalue weighted by Gasteiger charge is 2.44. The normalized spacial score (nSPS) is 20.2. The predicted molar refractivity (Wildman–Crippen MR) is 162 cm³/mol. The molecular weight excluding hydrogens is 598 g/mol. The number of anilines is 1. The molecule has 10 nitrogen and oxygen atoms in total. The number of aromatic nitrogens is 5. The fourth-order valence-corrected chi connectivity index (χ4v) is 6.09. The Labute approximate surface area is 252 Å². The van der Waals surface area contributed by atoms with Crippen molar-refractivity contribution in [1.29, 1.82) is 0 Å². The van der Waals surface area contributed by atoms with Crippen LogP contribution in [-0.4, -0.2) is 59.8 Å². The first-order chi connectivity index (χ1) is 20.1. The first kappa shape index (κ1) is 28.1. The Morgan fingerprint density at radius 3 is 2.48 bits per heavy atom. The molecule has 1 aliphatic heterocycles. The summed E-state index contributed by atoms with van der Waals surface area (Å²) < 4.78 is 2.21. The van der Waals surface area contributed by atoms with Crippen molar-refractivity contribution in [2.75, 3.05) is 11.9 Å². The SMILES string of the molecule is CC(=O)c1nn(CC(=O)N2C[C@@H](C)[C@@H](C)[C@H]2C(=O)Nc2nc(Br)ccc2C2CC2)c2ccc(-c3cnc(C)nc3)cc12. The third-order valence-electron chi connectivity index (χ3n) is 8.44. The fourth-order valence-electron chi connectivity index (χ4n) is 5.78. The van der Waals surface area contributed by atoms with Crippen LogP contribution in [0.5, 0.6) is 0 Å². The van der Waals surface area contributed by atoms with E-state index in [0.29, 0.717) is 45.3 Å². The number of benzene rings is 1. The number of ketones is 1. The lowest BCUT2D eigenvalue weighted by Crippen LogP contribution is -2.46. The molecule has 6 rings (SSSR count). The molecule has 3 aromatic heterocycles. The Hall–Kier alpha value is -3.99. The summed E-state index contributed by atoms with van der Waals surface area (Å²) in [5.41, 5.74) is 3.65. The zero-order valence-corrected chi connectivity index (χ0v) is 25.6. The topological polar surface area (TPSA) is 123 Å². The van der Waals surface area contributed by atoms with Crippen LogP contribution in [0.3, 0.4) is 0 Å². The third kappa shape index (κ3) is 5.33. The van der Waals surface area contributed by atoms with Crippen LogP contribution < -0.4 is 5.32 Å². The maximum atomic E-state index is 13.8. The molecule has 1 aromatic carbocycles. The number of aryl methyl sites for hydroxylation is 1. The average Bonchev–Trinajstić information content (AvgIpc) is 3.67. The predicted octanol–water partition coefficient (Wildman–Crippen LogP) is 5.16. The van der Waals surface area contributed by atoms with E-state index in [0.717, 1.165) is 29.5 Å². The monoisotopic (exact) mass is 629 g/mol. The van der Waals surface area contributed by atoms with Gasteiger partial charge in [0.15, 0.2) is 5.78 Å². The number of pyridine rings is 1. The molecular formula is C31H32BrN7O3. The molecule has 1 saturated heterocycles. The molecule has 0 unspecified atom stereocenters. The first-order valence-electron chi connectivity index (χ1n) is 14.2. The molecule has 2 aliphatic rings. The number of nitrogens with one attached hydrogen (secondary N) is 1. The van der Waals surface area contributed by atoms with E-state index in [1.807, 2.05) is 44.2 Å². The van der Waals surface area contributed by atoms with Gasteiger partial charge < -0.3 is 10.2 Å². The van der Waals surface area contributed by atoms with Crippen molar-refractivity contribution >= 4 is 50.2 Å². The van der Waals surface area contributed by atoms with E-state index < -0.39 is 6.04 Å². The van der Waals surface area contributed by atoms with Crippen LogP contribution in [0.25, 0.3) is 22.0 Å². The number of carbonyl (C=O) groups is 3. The first-order valence-corrected chi connectivity index (χ1v) is 15.0. The number of halogens is 1. The Morgan fingerprint density at radius 2 is 1.79 bits per heavy atom. The van der Waals surface area contributed by atoms with E-state index in [2.05, 4.69) is 48.2 Å². The van der Waals surface area contributed by atoms with Crippen molar-refractivity contribution in [3.05, 3.63) is 64.4 Å². The summed E-state index contributed by atoms with van der Waals surface area (Å²) in [6, 6.07) is 8.88. The van der Waals surface area contributed by atoms with Crippen LogP contribution in [0.15, 0.2) is 47.3 Å². The minimum absolute atomic E-state index is 0.0492. The number of nitrogens with zero attached hydrogens (tertiary/aromatic N) is 6. The van der Waals surface area contributed by atoms with Crippen LogP contribution >= 0.6 is 15.9 Å². The van der Waals surface area contributed by atoms with E-state index >= 15 is 0 Å². The number of hydrogen-bond donors (Lipinski definition) is 1. The Balaban J connectivity index is 1.28. The standard InChI is InChI=1S/C31H32BrN7O3/c1-16-14-38(29(17(16)2)31(42)36-30-23(20-5-6-20)8-10-26(32)35-30)27(41)15-39-25-9-7-21(22-12-33-19(4)34-13-22)11-24(25)28(37-39)18(3)40/h7-13,16-17,20,29H,5-6,14-15H2,1-4H3,(H,35,36,42)/t16-,17-,29+/m1/s1. The lowest BCUT2D eigenvalue weighted by atomic mass is 9.93. The Kier molecular flexibility index (Phi) is 7.38. The summed E-state index contributed by atoms with van der Waals surface area (Å²) >= 11 is 3.42. The van der Waals surface area contributed by atoms with Crippen molar-refractivity contribution in [1.82, 2.24) is 29.6 Å². The largest absolute Gasteiger partial charge is 0.328 e. The van der Waals surface area contributed by atoms with Gasteiger partial charge in [0.1, 0.15) is 34.5 Å². The lowest BCUT2D eigenvalue weighted by molar-refractivity contribution is -0.138. The number of Topliss-reactive ketones (excluding diaryl/α,β-unsaturated/α-hetero) is 1. The van der Waals surface area contributed by atoms with Crippen molar-refractivity contribution in [2.45, 2.75) is 59.0 Å². The highest BCUT2D eigenvalue weighted by Crippen LogP contribution is 2.43. The molecule has 216 valence electrons. The number of amides is 2. The fraction of sp³-hybridized carbons (Fsp3) is 0.387. The molecule has 1 N–H and O–H groups in total. The molecule has 2 amide bonds. The molecule has 2 fully saturated rings. The van der Waals surface area contributed by atoms with Gasteiger partial charge in [-0.25, -0.2) is 15.0 Å². The van der Waals surface area contributed by atoms with Gasteiger partial charge in [0.25, 0.3) is 0 Å². The third-order valence-corrected chi connectivity index (χ3v) is 8.88. The van der Waals surface area contributed by atoms with Crippen molar-refractivity contribution in [3.63, 3.8) is 0 Å². The zero-order chi connectivity index (χ0) is 29.7.